The third kappa shape index (κ3) is 2.58. The summed E-state index contributed by atoms with van der Waals surface area (Å²) in [6.07, 6.45) is 0. The first kappa shape index (κ1) is 13.9. The first-order chi connectivity index (χ1) is 8.91. The molecule has 0 bridgehead atoms. The summed E-state index contributed by atoms with van der Waals surface area (Å²) in [5.41, 5.74) is 0.414. The number of carbonyl (C=O) groups excluding carboxylic acids is 1. The minimum atomic E-state index is -0.986. The Hall–Kier alpha value is -1.56. The van der Waals surface area contributed by atoms with Gasteiger partial charge in [-0.2, -0.15) is 0 Å². The van der Waals surface area contributed by atoms with Crippen molar-refractivity contribution in [1.82, 2.24) is 0 Å². The lowest BCUT2D eigenvalue weighted by Crippen LogP contribution is -2.25. The average molecular weight is 329 g/mol. The van der Waals surface area contributed by atoms with E-state index < -0.39 is 17.8 Å². The Morgan fingerprint density at radius 2 is 1.95 bits per heavy atom. The second kappa shape index (κ2) is 5.21. The molecule has 0 radical (unpaired) electrons. The Balaban J connectivity index is 2.30. The van der Waals surface area contributed by atoms with Crippen LogP contribution in [0, 0.1) is 11.8 Å². The molecule has 0 aliphatic carbocycles. The number of ether oxygens (including phenoxy) is 2. The van der Waals surface area contributed by atoms with Crippen molar-refractivity contribution in [2.45, 2.75) is 13.8 Å². The zero-order chi connectivity index (χ0) is 14.2. The van der Waals surface area contributed by atoms with Gasteiger partial charge in [0, 0.05) is 11.5 Å². The molecule has 0 amide bonds. The van der Waals surface area contributed by atoms with Crippen molar-refractivity contribution in [2.24, 2.45) is 11.8 Å². The number of aliphatic carboxylic acids is 1. The van der Waals surface area contributed by atoms with Crippen LogP contribution in [0.2, 0.25) is 0 Å². The predicted octanol–water partition coefficient (Wildman–Crippen LogP) is 2.72. The fourth-order valence-electron chi connectivity index (χ4n) is 1.81. The van der Waals surface area contributed by atoms with Crippen LogP contribution in [0.25, 0.3) is 0 Å². The van der Waals surface area contributed by atoms with Crippen LogP contribution in [0.3, 0.4) is 0 Å². The highest BCUT2D eigenvalue weighted by Gasteiger charge is 2.28. The number of hydrogen-bond acceptors (Lipinski definition) is 4. The van der Waals surface area contributed by atoms with Gasteiger partial charge in [-0.1, -0.05) is 13.8 Å². The van der Waals surface area contributed by atoms with Gasteiger partial charge in [-0.25, -0.2) is 0 Å². The Labute approximate surface area is 118 Å². The first-order valence-corrected chi connectivity index (χ1v) is 6.57. The first-order valence-electron chi connectivity index (χ1n) is 5.78. The largest absolute Gasteiger partial charge is 0.481 e. The molecular formula is C13H13BrO5. The van der Waals surface area contributed by atoms with Crippen LogP contribution in [0.4, 0.5) is 0 Å². The van der Waals surface area contributed by atoms with E-state index in [0.717, 1.165) is 0 Å². The van der Waals surface area contributed by atoms with Crippen LogP contribution >= 0.6 is 15.9 Å². The molecule has 1 aliphatic rings. The van der Waals surface area contributed by atoms with E-state index in [9.17, 15) is 9.59 Å². The van der Waals surface area contributed by atoms with Crippen LogP contribution in [0.5, 0.6) is 11.5 Å². The molecule has 1 aliphatic heterocycles. The summed E-state index contributed by atoms with van der Waals surface area (Å²) in [5, 5.41) is 8.95. The summed E-state index contributed by atoms with van der Waals surface area (Å²) < 4.78 is 11.1. The fourth-order valence-corrected chi connectivity index (χ4v) is 2.37. The molecule has 2 unspecified atom stereocenters. The Kier molecular flexibility index (Phi) is 3.80. The van der Waals surface area contributed by atoms with Crippen molar-refractivity contribution >= 4 is 27.7 Å². The van der Waals surface area contributed by atoms with E-state index in [-0.39, 0.29) is 12.6 Å². The van der Waals surface area contributed by atoms with E-state index in [1.807, 2.05) is 0 Å². The molecule has 19 heavy (non-hydrogen) atoms. The number of carboxylic acid groups (broad SMARTS) is 1. The summed E-state index contributed by atoms with van der Waals surface area (Å²) in [6.45, 7) is 3.25. The normalized spacial score (nSPS) is 15.9. The molecule has 2 atom stereocenters. The summed E-state index contributed by atoms with van der Waals surface area (Å²) in [5.74, 6) is -1.50. The van der Waals surface area contributed by atoms with Gasteiger partial charge in [0.15, 0.2) is 17.3 Å². The van der Waals surface area contributed by atoms with E-state index in [0.29, 0.717) is 21.5 Å². The van der Waals surface area contributed by atoms with Gasteiger partial charge in [0.05, 0.1) is 10.4 Å². The number of ketones is 1. The molecule has 0 saturated carbocycles. The van der Waals surface area contributed by atoms with Crippen LogP contribution in [-0.2, 0) is 4.79 Å². The lowest BCUT2D eigenvalue weighted by atomic mass is 9.88. The molecule has 0 fully saturated rings. The lowest BCUT2D eigenvalue weighted by molar-refractivity contribution is -0.142. The summed E-state index contributed by atoms with van der Waals surface area (Å²) in [6, 6.07) is 3.21. The van der Waals surface area contributed by atoms with E-state index in [4.69, 9.17) is 14.6 Å². The van der Waals surface area contributed by atoms with Gasteiger partial charge >= 0.3 is 5.97 Å². The Bertz CT molecular complexity index is 540. The molecule has 2 rings (SSSR count). The highest BCUT2D eigenvalue weighted by atomic mass is 79.9. The molecular weight excluding hydrogens is 316 g/mol. The van der Waals surface area contributed by atoms with Crippen LogP contribution in [-0.4, -0.2) is 23.7 Å². The maximum Gasteiger partial charge on any atom is 0.306 e. The van der Waals surface area contributed by atoms with Crippen molar-refractivity contribution in [3.63, 3.8) is 0 Å². The number of benzene rings is 1. The maximum absolute atomic E-state index is 12.3. The highest BCUT2D eigenvalue weighted by molar-refractivity contribution is 9.10. The molecule has 0 spiro atoms. The van der Waals surface area contributed by atoms with Crippen molar-refractivity contribution in [3.8, 4) is 11.5 Å². The van der Waals surface area contributed by atoms with E-state index in [1.165, 1.54) is 6.92 Å². The zero-order valence-corrected chi connectivity index (χ0v) is 12.1. The van der Waals surface area contributed by atoms with E-state index in [2.05, 4.69) is 15.9 Å². The zero-order valence-electron chi connectivity index (χ0n) is 10.5. The number of carboxylic acids is 1. The number of fused-ring (bicyclic) bond motifs is 1. The predicted molar refractivity (Wildman–Crippen MR) is 70.6 cm³/mol. The number of hydrogen-bond donors (Lipinski definition) is 1. The molecule has 5 nitrogen and oxygen atoms in total. The minimum Gasteiger partial charge on any atom is -0.481 e. The SMILES string of the molecule is CC(C(=O)O)C(C)C(=O)c1cc(Br)c2c(c1)OCO2. The Morgan fingerprint density at radius 3 is 2.58 bits per heavy atom. The molecule has 1 aromatic rings. The lowest BCUT2D eigenvalue weighted by Gasteiger charge is -2.15. The standard InChI is InChI=1S/C13H13BrO5/c1-6(7(2)13(16)17)11(15)8-3-9(14)12-10(4-8)18-5-19-12/h3-4,6-7H,5H2,1-2H3,(H,16,17). The molecule has 1 aromatic carbocycles. The third-order valence-corrected chi connectivity index (χ3v) is 3.85. The number of carbonyl (C=O) groups is 2. The van der Waals surface area contributed by atoms with Gasteiger partial charge in [-0.3, -0.25) is 9.59 Å². The summed E-state index contributed by atoms with van der Waals surface area (Å²) in [4.78, 5) is 23.2. The van der Waals surface area contributed by atoms with Gasteiger partial charge in [0.25, 0.3) is 0 Å². The van der Waals surface area contributed by atoms with Crippen LogP contribution < -0.4 is 9.47 Å². The molecule has 0 aromatic heterocycles. The van der Waals surface area contributed by atoms with Gasteiger partial charge in [-0.05, 0) is 28.1 Å². The molecule has 1 heterocycles. The van der Waals surface area contributed by atoms with Crippen LogP contribution in [0.15, 0.2) is 16.6 Å². The average Bonchev–Trinajstić information content (AvgIpc) is 2.84. The Morgan fingerprint density at radius 1 is 1.26 bits per heavy atom. The van der Waals surface area contributed by atoms with Gasteiger partial charge in [-0.15, -0.1) is 0 Å². The number of Topliss-reactive ketones (excluding diaryl/α,β-unsaturated/α-hetero) is 1. The summed E-state index contributed by atoms with van der Waals surface area (Å²) in [7, 11) is 0. The van der Waals surface area contributed by atoms with Gasteiger partial charge in [0.2, 0.25) is 6.79 Å². The van der Waals surface area contributed by atoms with Crippen LogP contribution in [0.1, 0.15) is 24.2 Å². The molecule has 0 saturated heterocycles. The quantitative estimate of drug-likeness (QED) is 0.860. The van der Waals surface area contributed by atoms with Crippen molar-refractivity contribution in [2.75, 3.05) is 6.79 Å². The molecule has 6 heteroatoms. The smallest absolute Gasteiger partial charge is 0.306 e. The number of halogens is 1. The topological polar surface area (TPSA) is 72.8 Å². The third-order valence-electron chi connectivity index (χ3n) is 3.26. The van der Waals surface area contributed by atoms with Gasteiger partial charge in [0.1, 0.15) is 0 Å². The fraction of sp³-hybridized carbons (Fsp3) is 0.385. The molecule has 102 valence electrons. The van der Waals surface area contributed by atoms with E-state index in [1.54, 1.807) is 19.1 Å². The van der Waals surface area contributed by atoms with Crippen molar-refractivity contribution in [3.05, 3.63) is 22.2 Å². The van der Waals surface area contributed by atoms with Crippen molar-refractivity contribution in [1.29, 1.82) is 0 Å². The summed E-state index contributed by atoms with van der Waals surface area (Å²) >= 11 is 3.31. The highest BCUT2D eigenvalue weighted by Crippen LogP contribution is 2.40. The number of rotatable bonds is 4. The minimum absolute atomic E-state index is 0.118. The monoisotopic (exact) mass is 328 g/mol. The second-order valence-corrected chi connectivity index (χ2v) is 5.33. The van der Waals surface area contributed by atoms with E-state index >= 15 is 0 Å². The maximum atomic E-state index is 12.3. The second-order valence-electron chi connectivity index (χ2n) is 4.47. The molecule has 1 N–H and O–H groups in total. The van der Waals surface area contributed by atoms with Gasteiger partial charge < -0.3 is 14.6 Å². The van der Waals surface area contributed by atoms with Crippen molar-refractivity contribution < 1.29 is 24.2 Å².